The van der Waals surface area contributed by atoms with E-state index in [0.717, 1.165) is 6.54 Å². The molecule has 1 amide bonds. The average molecular weight is 144 g/mol. The first kappa shape index (κ1) is 9.43. The first-order chi connectivity index (χ1) is 4.57. The van der Waals surface area contributed by atoms with Crippen molar-refractivity contribution in [2.24, 2.45) is 0 Å². The van der Waals surface area contributed by atoms with E-state index in [1.54, 1.807) is 18.9 Å². The molecule has 0 aliphatic rings. The third kappa shape index (κ3) is 3.45. The molecule has 0 radical (unpaired) electrons. The van der Waals surface area contributed by atoms with Gasteiger partial charge in [0, 0.05) is 26.6 Å². The first-order valence-corrected chi connectivity index (χ1v) is 3.47. The molecule has 0 aromatic heterocycles. The van der Waals surface area contributed by atoms with Gasteiger partial charge in [-0.25, -0.2) is 0 Å². The molecule has 0 bridgehead atoms. The molecule has 0 rings (SSSR count). The monoisotopic (exact) mass is 144 g/mol. The number of amides is 1. The summed E-state index contributed by atoms with van der Waals surface area (Å²) < 4.78 is 0. The zero-order chi connectivity index (χ0) is 8.15. The summed E-state index contributed by atoms with van der Waals surface area (Å²) in [5, 5.41) is 3.06. The van der Waals surface area contributed by atoms with Crippen LogP contribution in [-0.2, 0) is 4.79 Å². The predicted octanol–water partition coefficient (Wildman–Crippen LogP) is 0.0726. The fraction of sp³-hybridized carbons (Fsp3) is 0.857. The maximum Gasteiger partial charge on any atom is 0.219 e. The Morgan fingerprint density at radius 2 is 2.20 bits per heavy atom. The van der Waals surface area contributed by atoms with Crippen molar-refractivity contribution >= 4 is 5.91 Å². The number of carbonyl (C=O) groups is 1. The second-order valence-corrected chi connectivity index (χ2v) is 2.59. The van der Waals surface area contributed by atoms with Crippen LogP contribution in [0, 0.1) is 0 Å². The molecular formula is C7H16N2O. The summed E-state index contributed by atoms with van der Waals surface area (Å²) in [7, 11) is 3.69. The summed E-state index contributed by atoms with van der Waals surface area (Å²) >= 11 is 0. The van der Waals surface area contributed by atoms with Gasteiger partial charge in [0.25, 0.3) is 0 Å². The number of hydrogen-bond donors (Lipinski definition) is 1. The number of carbonyl (C=O) groups excluding carboxylic acids is 1. The Kier molecular flexibility index (Phi) is 4.03. The highest BCUT2D eigenvalue weighted by molar-refractivity contribution is 5.72. The molecule has 0 aliphatic heterocycles. The maximum atomic E-state index is 10.7. The third-order valence-corrected chi connectivity index (χ3v) is 1.58. The molecule has 60 valence electrons. The highest BCUT2D eigenvalue weighted by Crippen LogP contribution is 1.87. The molecule has 0 spiro atoms. The zero-order valence-electron chi connectivity index (χ0n) is 7.14. The third-order valence-electron chi connectivity index (χ3n) is 1.58. The Morgan fingerprint density at radius 1 is 1.70 bits per heavy atom. The van der Waals surface area contributed by atoms with Gasteiger partial charge in [-0.3, -0.25) is 4.79 Å². The molecule has 1 atom stereocenters. The SMILES string of the molecule is CNC(C)CN(C)C(C)=O. The van der Waals surface area contributed by atoms with Crippen LogP contribution in [0.3, 0.4) is 0 Å². The second kappa shape index (κ2) is 4.28. The number of nitrogens with zero attached hydrogens (tertiary/aromatic N) is 1. The van der Waals surface area contributed by atoms with Gasteiger partial charge in [0.15, 0.2) is 0 Å². The minimum atomic E-state index is 0.113. The van der Waals surface area contributed by atoms with Crippen LogP contribution >= 0.6 is 0 Å². The van der Waals surface area contributed by atoms with Crippen molar-refractivity contribution in [3.05, 3.63) is 0 Å². The summed E-state index contributed by atoms with van der Waals surface area (Å²) in [6.45, 7) is 4.38. The molecule has 0 aliphatic carbocycles. The largest absolute Gasteiger partial charge is 0.344 e. The zero-order valence-corrected chi connectivity index (χ0v) is 7.14. The van der Waals surface area contributed by atoms with Crippen molar-refractivity contribution in [1.29, 1.82) is 0 Å². The first-order valence-electron chi connectivity index (χ1n) is 3.47. The minimum Gasteiger partial charge on any atom is -0.344 e. The van der Waals surface area contributed by atoms with Gasteiger partial charge in [-0.1, -0.05) is 0 Å². The molecule has 1 N–H and O–H groups in total. The smallest absolute Gasteiger partial charge is 0.219 e. The lowest BCUT2D eigenvalue weighted by Gasteiger charge is -2.19. The van der Waals surface area contributed by atoms with Crippen LogP contribution in [0.5, 0.6) is 0 Å². The lowest BCUT2D eigenvalue weighted by atomic mass is 10.3. The van der Waals surface area contributed by atoms with E-state index < -0.39 is 0 Å². The van der Waals surface area contributed by atoms with Crippen LogP contribution in [0.1, 0.15) is 13.8 Å². The van der Waals surface area contributed by atoms with E-state index in [0.29, 0.717) is 6.04 Å². The topological polar surface area (TPSA) is 32.3 Å². The van der Waals surface area contributed by atoms with Gasteiger partial charge >= 0.3 is 0 Å². The Hall–Kier alpha value is -0.570. The molecule has 0 fully saturated rings. The van der Waals surface area contributed by atoms with Crippen LogP contribution in [0.15, 0.2) is 0 Å². The molecule has 0 aromatic rings. The van der Waals surface area contributed by atoms with E-state index in [-0.39, 0.29) is 5.91 Å². The molecule has 0 saturated carbocycles. The molecular weight excluding hydrogens is 128 g/mol. The highest BCUT2D eigenvalue weighted by atomic mass is 16.2. The van der Waals surface area contributed by atoms with Crippen LogP contribution in [0.25, 0.3) is 0 Å². The van der Waals surface area contributed by atoms with E-state index >= 15 is 0 Å². The van der Waals surface area contributed by atoms with E-state index in [1.165, 1.54) is 0 Å². The number of hydrogen-bond acceptors (Lipinski definition) is 2. The fourth-order valence-electron chi connectivity index (χ4n) is 0.631. The summed E-state index contributed by atoms with van der Waals surface area (Å²) in [5.41, 5.74) is 0. The molecule has 0 aromatic carbocycles. The van der Waals surface area contributed by atoms with Crippen LogP contribution in [0.4, 0.5) is 0 Å². The Morgan fingerprint density at radius 3 is 2.50 bits per heavy atom. The molecule has 0 saturated heterocycles. The number of nitrogens with one attached hydrogen (secondary N) is 1. The van der Waals surface area contributed by atoms with Crippen LogP contribution in [-0.4, -0.2) is 37.5 Å². The van der Waals surface area contributed by atoms with E-state index in [9.17, 15) is 4.79 Å². The van der Waals surface area contributed by atoms with Crippen molar-refractivity contribution in [2.75, 3.05) is 20.6 Å². The van der Waals surface area contributed by atoms with Crippen LogP contribution in [0.2, 0.25) is 0 Å². The van der Waals surface area contributed by atoms with Crippen molar-refractivity contribution in [1.82, 2.24) is 10.2 Å². The quantitative estimate of drug-likeness (QED) is 0.608. The Labute approximate surface area is 62.4 Å². The summed E-state index contributed by atoms with van der Waals surface area (Å²) in [5.74, 6) is 0.113. The second-order valence-electron chi connectivity index (χ2n) is 2.59. The predicted molar refractivity (Wildman–Crippen MR) is 41.8 cm³/mol. The molecule has 3 nitrogen and oxygen atoms in total. The summed E-state index contributed by atoms with van der Waals surface area (Å²) in [6.07, 6.45) is 0. The molecule has 1 unspecified atom stereocenters. The Balaban J connectivity index is 3.56. The van der Waals surface area contributed by atoms with Crippen molar-refractivity contribution in [2.45, 2.75) is 19.9 Å². The Bertz CT molecular complexity index is 114. The molecule has 3 heteroatoms. The van der Waals surface area contributed by atoms with Gasteiger partial charge in [0.2, 0.25) is 5.91 Å². The van der Waals surface area contributed by atoms with E-state index in [1.807, 2.05) is 14.0 Å². The summed E-state index contributed by atoms with van der Waals surface area (Å²) in [4.78, 5) is 12.4. The van der Waals surface area contributed by atoms with Gasteiger partial charge in [0.1, 0.15) is 0 Å². The standard InChI is InChI=1S/C7H16N2O/c1-6(8-3)5-9(4)7(2)10/h6,8H,5H2,1-4H3. The van der Waals surface area contributed by atoms with Gasteiger partial charge in [-0.05, 0) is 14.0 Å². The van der Waals surface area contributed by atoms with Crippen molar-refractivity contribution < 1.29 is 4.79 Å². The van der Waals surface area contributed by atoms with Crippen molar-refractivity contribution in [3.63, 3.8) is 0 Å². The number of rotatable bonds is 3. The lowest BCUT2D eigenvalue weighted by Crippen LogP contribution is -2.37. The highest BCUT2D eigenvalue weighted by Gasteiger charge is 2.04. The maximum absolute atomic E-state index is 10.7. The molecule has 10 heavy (non-hydrogen) atoms. The summed E-state index contributed by atoms with van der Waals surface area (Å²) in [6, 6.07) is 0.369. The van der Waals surface area contributed by atoms with Gasteiger partial charge in [-0.2, -0.15) is 0 Å². The normalized spacial score (nSPS) is 12.8. The van der Waals surface area contributed by atoms with Crippen molar-refractivity contribution in [3.8, 4) is 0 Å². The van der Waals surface area contributed by atoms with Gasteiger partial charge < -0.3 is 10.2 Å². The van der Waals surface area contributed by atoms with Gasteiger partial charge in [-0.15, -0.1) is 0 Å². The van der Waals surface area contributed by atoms with E-state index in [4.69, 9.17) is 0 Å². The van der Waals surface area contributed by atoms with Gasteiger partial charge in [0.05, 0.1) is 0 Å². The number of likely N-dealkylation sites (N-methyl/N-ethyl adjacent to an activating group) is 2. The van der Waals surface area contributed by atoms with Crippen LogP contribution < -0.4 is 5.32 Å². The lowest BCUT2D eigenvalue weighted by molar-refractivity contribution is -0.127. The van der Waals surface area contributed by atoms with E-state index in [2.05, 4.69) is 5.32 Å². The minimum absolute atomic E-state index is 0.113. The fourth-order valence-corrected chi connectivity index (χ4v) is 0.631. The average Bonchev–Trinajstić information content (AvgIpc) is 1.87. The molecule has 0 heterocycles.